The number of aromatic nitrogens is 4. The maximum absolute atomic E-state index is 11.7. The van der Waals surface area contributed by atoms with Gasteiger partial charge in [0.2, 0.25) is 0 Å². The highest BCUT2D eigenvalue weighted by Gasteiger charge is 2.20. The van der Waals surface area contributed by atoms with Crippen LogP contribution in [0.15, 0.2) is 73.2 Å². The summed E-state index contributed by atoms with van der Waals surface area (Å²) in [6, 6.07) is 17.8. The summed E-state index contributed by atoms with van der Waals surface area (Å²) >= 11 is 7.69. The number of halogens is 1. The molecule has 0 aliphatic rings. The lowest BCUT2D eigenvalue weighted by molar-refractivity contribution is -0.136. The highest BCUT2D eigenvalue weighted by molar-refractivity contribution is 7.22. The molecule has 6 aromatic rings. The van der Waals surface area contributed by atoms with Crippen LogP contribution in [0.3, 0.4) is 0 Å². The Balaban J connectivity index is 1.50. The van der Waals surface area contributed by atoms with Crippen LogP contribution in [0.4, 0.5) is 0 Å². The zero-order valence-electron chi connectivity index (χ0n) is 20.1. The second kappa shape index (κ2) is 9.10. The molecule has 0 bridgehead atoms. The fourth-order valence-electron chi connectivity index (χ4n) is 4.72. The summed E-state index contributed by atoms with van der Waals surface area (Å²) in [6.07, 6.45) is 5.46. The van der Waals surface area contributed by atoms with Gasteiger partial charge >= 0.3 is 5.97 Å². The minimum atomic E-state index is -0.870. The Morgan fingerprint density at radius 1 is 0.973 bits per heavy atom. The number of carboxylic acid groups (broad SMARTS) is 1. The Bertz CT molecular complexity index is 1820. The average Bonchev–Trinajstić information content (AvgIpc) is 3.48. The molecule has 3 aromatic carbocycles. The van der Waals surface area contributed by atoms with Crippen molar-refractivity contribution in [3.63, 3.8) is 0 Å². The van der Waals surface area contributed by atoms with E-state index in [4.69, 9.17) is 16.6 Å². The monoisotopic (exact) mass is 524 g/mol. The molecule has 0 aliphatic heterocycles. The van der Waals surface area contributed by atoms with E-state index < -0.39 is 5.97 Å². The zero-order chi connectivity index (χ0) is 25.7. The summed E-state index contributed by atoms with van der Waals surface area (Å²) in [5.74, 6) is -0.870. The number of aryl methyl sites for hydroxylation is 2. The Hall–Kier alpha value is -4.07. The minimum absolute atomic E-state index is 0.0686. The molecule has 0 aliphatic carbocycles. The average molecular weight is 525 g/mol. The van der Waals surface area contributed by atoms with Gasteiger partial charge in [-0.25, -0.2) is 4.98 Å². The van der Waals surface area contributed by atoms with Gasteiger partial charge in [0.15, 0.2) is 0 Å². The molecule has 0 unspecified atom stereocenters. The number of fused-ring (bicyclic) bond motifs is 2. The highest BCUT2D eigenvalue weighted by Crippen LogP contribution is 2.41. The summed E-state index contributed by atoms with van der Waals surface area (Å²) in [5.41, 5.74) is 8.35. The van der Waals surface area contributed by atoms with Crippen LogP contribution in [0.1, 0.15) is 11.1 Å². The van der Waals surface area contributed by atoms with Crippen LogP contribution >= 0.6 is 22.9 Å². The van der Waals surface area contributed by atoms with Gasteiger partial charge in [-0.2, -0.15) is 5.10 Å². The van der Waals surface area contributed by atoms with Gasteiger partial charge in [0, 0.05) is 46.5 Å². The van der Waals surface area contributed by atoms with Gasteiger partial charge in [-0.3, -0.25) is 14.5 Å². The van der Waals surface area contributed by atoms with E-state index in [-0.39, 0.29) is 6.42 Å². The predicted octanol–water partition coefficient (Wildman–Crippen LogP) is 7.17. The number of rotatable bonds is 5. The van der Waals surface area contributed by atoms with E-state index in [0.29, 0.717) is 5.02 Å². The van der Waals surface area contributed by atoms with Crippen LogP contribution in [-0.2, 0) is 18.3 Å². The Morgan fingerprint density at radius 3 is 2.51 bits per heavy atom. The van der Waals surface area contributed by atoms with Gasteiger partial charge in [-0.15, -0.1) is 11.3 Å². The van der Waals surface area contributed by atoms with Crippen molar-refractivity contribution in [2.24, 2.45) is 7.05 Å². The van der Waals surface area contributed by atoms with Crippen molar-refractivity contribution in [1.82, 2.24) is 19.7 Å². The van der Waals surface area contributed by atoms with Crippen molar-refractivity contribution < 1.29 is 9.90 Å². The normalized spacial score (nSPS) is 11.4. The summed E-state index contributed by atoms with van der Waals surface area (Å²) in [7, 11) is 1.93. The van der Waals surface area contributed by atoms with E-state index in [2.05, 4.69) is 34.3 Å². The van der Waals surface area contributed by atoms with Crippen LogP contribution in [0.25, 0.3) is 53.9 Å². The Labute approximate surface area is 221 Å². The maximum Gasteiger partial charge on any atom is 0.307 e. The van der Waals surface area contributed by atoms with E-state index in [1.165, 1.54) is 0 Å². The molecule has 3 heterocycles. The molecule has 0 radical (unpaired) electrons. The summed E-state index contributed by atoms with van der Waals surface area (Å²) in [5, 5.41) is 16.5. The number of carbonyl (C=O) groups is 1. The molecule has 0 atom stereocenters. The number of aliphatic carboxylic acids is 1. The lowest BCUT2D eigenvalue weighted by atomic mass is 9.93. The number of thiazole rings is 1. The highest BCUT2D eigenvalue weighted by atomic mass is 35.5. The van der Waals surface area contributed by atoms with Gasteiger partial charge in [0.05, 0.1) is 28.4 Å². The lowest BCUT2D eigenvalue weighted by Gasteiger charge is -2.13. The largest absolute Gasteiger partial charge is 0.481 e. The number of hydrogen-bond donors (Lipinski definition) is 1. The van der Waals surface area contributed by atoms with Crippen LogP contribution in [0.5, 0.6) is 0 Å². The molecule has 182 valence electrons. The van der Waals surface area contributed by atoms with Gasteiger partial charge < -0.3 is 5.11 Å². The molecule has 37 heavy (non-hydrogen) atoms. The summed E-state index contributed by atoms with van der Waals surface area (Å²) < 4.78 is 2.80. The van der Waals surface area contributed by atoms with Crippen LogP contribution in [-0.4, -0.2) is 30.8 Å². The quantitative estimate of drug-likeness (QED) is 0.258. The molecule has 6 nitrogen and oxygen atoms in total. The van der Waals surface area contributed by atoms with Gasteiger partial charge in [0.25, 0.3) is 0 Å². The molecule has 0 saturated heterocycles. The molecule has 8 heteroatoms. The first kappa shape index (κ1) is 23.3. The van der Waals surface area contributed by atoms with Gasteiger partial charge in [-0.05, 0) is 65.6 Å². The van der Waals surface area contributed by atoms with Crippen molar-refractivity contribution in [3.8, 4) is 32.8 Å². The topological polar surface area (TPSA) is 80.9 Å². The van der Waals surface area contributed by atoms with Gasteiger partial charge in [0.1, 0.15) is 5.01 Å². The maximum atomic E-state index is 11.7. The van der Waals surface area contributed by atoms with Crippen LogP contribution in [0.2, 0.25) is 5.02 Å². The van der Waals surface area contributed by atoms with Gasteiger partial charge in [-0.1, -0.05) is 29.8 Å². The third-order valence-corrected chi connectivity index (χ3v) is 7.93. The first-order valence-electron chi connectivity index (χ1n) is 11.7. The molecule has 1 N–H and O–H groups in total. The number of carboxylic acids is 1. The van der Waals surface area contributed by atoms with E-state index >= 15 is 0 Å². The first-order chi connectivity index (χ1) is 17.9. The van der Waals surface area contributed by atoms with E-state index in [1.807, 2.05) is 67.6 Å². The SMILES string of the molecule is Cc1cc2nc(-c3cncc(-c4ccc5c(cnn5C)c4)c3)sc2c(-c2ccc(Cl)cc2)c1CC(=O)O. The van der Waals surface area contributed by atoms with E-state index in [0.717, 1.165) is 65.1 Å². The molecule has 6 rings (SSSR count). The molecule has 0 spiro atoms. The lowest BCUT2D eigenvalue weighted by Crippen LogP contribution is -2.04. The molecule has 3 aromatic heterocycles. The van der Waals surface area contributed by atoms with E-state index in [9.17, 15) is 9.90 Å². The van der Waals surface area contributed by atoms with Crippen molar-refractivity contribution in [2.45, 2.75) is 13.3 Å². The smallest absolute Gasteiger partial charge is 0.307 e. The van der Waals surface area contributed by atoms with Crippen molar-refractivity contribution in [2.75, 3.05) is 0 Å². The Morgan fingerprint density at radius 2 is 1.73 bits per heavy atom. The van der Waals surface area contributed by atoms with Crippen molar-refractivity contribution in [1.29, 1.82) is 0 Å². The Kier molecular flexibility index (Phi) is 5.74. The fraction of sp³-hybridized carbons (Fsp3) is 0.103. The third-order valence-electron chi connectivity index (χ3n) is 6.54. The minimum Gasteiger partial charge on any atom is -0.481 e. The zero-order valence-corrected chi connectivity index (χ0v) is 21.6. The van der Waals surface area contributed by atoms with Crippen molar-refractivity contribution in [3.05, 3.63) is 89.3 Å². The van der Waals surface area contributed by atoms with E-state index in [1.54, 1.807) is 11.3 Å². The van der Waals surface area contributed by atoms with Crippen LogP contribution in [0, 0.1) is 6.92 Å². The summed E-state index contributed by atoms with van der Waals surface area (Å²) in [6.45, 7) is 1.94. The molecule has 0 fully saturated rings. The number of pyridine rings is 1. The fourth-order valence-corrected chi connectivity index (χ4v) is 5.96. The number of benzene rings is 3. The first-order valence-corrected chi connectivity index (χ1v) is 12.8. The number of hydrogen-bond acceptors (Lipinski definition) is 5. The second-order valence-electron chi connectivity index (χ2n) is 9.00. The van der Waals surface area contributed by atoms with Crippen LogP contribution < -0.4 is 0 Å². The molecular weight excluding hydrogens is 504 g/mol. The molecule has 0 amide bonds. The third kappa shape index (κ3) is 4.26. The standard InChI is InChI=1S/C29H21ClN4O2S/c1-16-9-24-28(27(23(16)12-26(35)36)17-3-6-22(30)7-4-17)37-29(33-24)21-11-19(13-31-14-21)18-5-8-25-20(10-18)15-32-34(25)2/h3-11,13-15H,12H2,1-2H3,(H,35,36). The molecule has 0 saturated carbocycles. The summed E-state index contributed by atoms with van der Waals surface area (Å²) in [4.78, 5) is 21.2. The number of nitrogens with zero attached hydrogens (tertiary/aromatic N) is 4. The van der Waals surface area contributed by atoms with Crippen molar-refractivity contribution >= 4 is 50.0 Å². The molecular formula is C29H21ClN4O2S. The second-order valence-corrected chi connectivity index (χ2v) is 10.4. The predicted molar refractivity (Wildman–Crippen MR) is 149 cm³/mol.